The van der Waals surface area contributed by atoms with E-state index in [9.17, 15) is 4.79 Å². The van der Waals surface area contributed by atoms with Crippen LogP contribution in [-0.2, 0) is 13.0 Å². The second kappa shape index (κ2) is 7.97. The van der Waals surface area contributed by atoms with Gasteiger partial charge in [0.25, 0.3) is 5.91 Å². The second-order valence-corrected chi connectivity index (χ2v) is 8.07. The monoisotopic (exact) mass is 384 g/mol. The summed E-state index contributed by atoms with van der Waals surface area (Å²) in [5.74, 6) is -0.142. The van der Waals surface area contributed by atoms with E-state index in [-0.39, 0.29) is 5.91 Å². The van der Waals surface area contributed by atoms with E-state index >= 15 is 0 Å². The summed E-state index contributed by atoms with van der Waals surface area (Å²) in [6.45, 7) is 2.61. The predicted octanol–water partition coefficient (Wildman–Crippen LogP) is 3.72. The van der Waals surface area contributed by atoms with Gasteiger partial charge in [0.05, 0.1) is 17.2 Å². The minimum absolute atomic E-state index is 0.142. The summed E-state index contributed by atoms with van der Waals surface area (Å²) in [5.41, 5.74) is 2.59. The van der Waals surface area contributed by atoms with Crippen molar-refractivity contribution in [1.82, 2.24) is 15.3 Å². The van der Waals surface area contributed by atoms with Crippen LogP contribution in [0.25, 0.3) is 0 Å². The van der Waals surface area contributed by atoms with Gasteiger partial charge in [-0.3, -0.25) is 4.79 Å². The molecule has 1 N–H and O–H groups in total. The van der Waals surface area contributed by atoms with Crippen molar-refractivity contribution in [1.29, 1.82) is 0 Å². The summed E-state index contributed by atoms with van der Waals surface area (Å²) in [6.07, 6.45) is 3.23. The SMILES string of the molecule is O=C(NCc1csc(N2CCCC2)n1)c1csc(Cc2ccccc2)n1. The highest BCUT2D eigenvalue weighted by Crippen LogP contribution is 2.24. The van der Waals surface area contributed by atoms with Gasteiger partial charge in [0.15, 0.2) is 5.13 Å². The maximum absolute atomic E-state index is 12.3. The molecule has 1 fully saturated rings. The van der Waals surface area contributed by atoms with Crippen LogP contribution < -0.4 is 10.2 Å². The molecule has 1 aliphatic heterocycles. The zero-order chi connectivity index (χ0) is 17.8. The molecule has 1 aliphatic rings. The van der Waals surface area contributed by atoms with E-state index in [0.29, 0.717) is 12.2 Å². The van der Waals surface area contributed by atoms with E-state index in [1.807, 2.05) is 29.0 Å². The molecule has 0 bridgehead atoms. The van der Waals surface area contributed by atoms with Gasteiger partial charge in [-0.05, 0) is 18.4 Å². The first-order chi connectivity index (χ1) is 12.8. The number of hydrogen-bond acceptors (Lipinski definition) is 6. The molecule has 0 unspecified atom stereocenters. The number of carbonyl (C=O) groups is 1. The molecule has 1 amide bonds. The lowest BCUT2D eigenvalue weighted by molar-refractivity contribution is 0.0946. The van der Waals surface area contributed by atoms with Crippen molar-refractivity contribution in [2.45, 2.75) is 25.8 Å². The number of nitrogens with zero attached hydrogens (tertiary/aromatic N) is 3. The van der Waals surface area contributed by atoms with Crippen LogP contribution in [0.4, 0.5) is 5.13 Å². The summed E-state index contributed by atoms with van der Waals surface area (Å²) in [5, 5.41) is 8.79. The fraction of sp³-hybridized carbons (Fsp3) is 0.316. The van der Waals surface area contributed by atoms with E-state index in [4.69, 9.17) is 0 Å². The lowest BCUT2D eigenvalue weighted by Gasteiger charge is -2.12. The van der Waals surface area contributed by atoms with Crippen molar-refractivity contribution in [2.75, 3.05) is 18.0 Å². The number of carbonyl (C=O) groups excluding carboxylic acids is 1. The Bertz CT molecular complexity index is 869. The van der Waals surface area contributed by atoms with Crippen molar-refractivity contribution in [3.63, 3.8) is 0 Å². The Hall–Kier alpha value is -2.25. The average Bonchev–Trinajstić information content (AvgIpc) is 3.41. The Morgan fingerprint density at radius 1 is 1.08 bits per heavy atom. The molecule has 3 heterocycles. The molecular formula is C19H20N4OS2. The van der Waals surface area contributed by atoms with Crippen molar-refractivity contribution in [2.24, 2.45) is 0 Å². The van der Waals surface area contributed by atoms with Gasteiger partial charge < -0.3 is 10.2 Å². The van der Waals surface area contributed by atoms with Crippen LogP contribution >= 0.6 is 22.7 Å². The third kappa shape index (κ3) is 4.11. The fourth-order valence-electron chi connectivity index (χ4n) is 2.96. The molecule has 1 aromatic carbocycles. The Morgan fingerprint density at radius 2 is 1.88 bits per heavy atom. The summed E-state index contributed by atoms with van der Waals surface area (Å²) >= 11 is 3.17. The molecule has 0 aliphatic carbocycles. The Morgan fingerprint density at radius 3 is 2.69 bits per heavy atom. The molecule has 0 saturated carbocycles. The number of aromatic nitrogens is 2. The van der Waals surface area contributed by atoms with E-state index in [2.05, 4.69) is 32.3 Å². The minimum Gasteiger partial charge on any atom is -0.348 e. The Kier molecular flexibility index (Phi) is 5.26. The topological polar surface area (TPSA) is 58.1 Å². The van der Waals surface area contributed by atoms with Crippen molar-refractivity contribution in [3.8, 4) is 0 Å². The van der Waals surface area contributed by atoms with Crippen LogP contribution in [-0.4, -0.2) is 29.0 Å². The molecular weight excluding hydrogens is 364 g/mol. The number of hydrogen-bond donors (Lipinski definition) is 1. The number of rotatable bonds is 6. The number of nitrogens with one attached hydrogen (secondary N) is 1. The molecule has 7 heteroatoms. The Labute approximate surface area is 160 Å². The highest BCUT2D eigenvalue weighted by molar-refractivity contribution is 7.13. The van der Waals surface area contributed by atoms with Gasteiger partial charge in [0.1, 0.15) is 5.69 Å². The van der Waals surface area contributed by atoms with Crippen LogP contribution in [0, 0.1) is 0 Å². The summed E-state index contributed by atoms with van der Waals surface area (Å²) in [4.78, 5) is 23.8. The van der Waals surface area contributed by atoms with Crippen LogP contribution in [0.15, 0.2) is 41.1 Å². The Balaban J connectivity index is 1.32. The zero-order valence-corrected chi connectivity index (χ0v) is 16.0. The molecule has 26 heavy (non-hydrogen) atoms. The van der Waals surface area contributed by atoms with E-state index in [1.165, 1.54) is 29.7 Å². The number of amides is 1. The molecule has 134 valence electrons. The van der Waals surface area contributed by atoms with E-state index in [0.717, 1.165) is 35.3 Å². The zero-order valence-electron chi connectivity index (χ0n) is 14.4. The first kappa shape index (κ1) is 17.2. The van der Waals surface area contributed by atoms with Crippen LogP contribution in [0.2, 0.25) is 0 Å². The summed E-state index contributed by atoms with van der Waals surface area (Å²) < 4.78 is 0. The lowest BCUT2D eigenvalue weighted by atomic mass is 10.2. The van der Waals surface area contributed by atoms with E-state index in [1.54, 1.807) is 11.3 Å². The highest BCUT2D eigenvalue weighted by atomic mass is 32.1. The van der Waals surface area contributed by atoms with Crippen LogP contribution in [0.3, 0.4) is 0 Å². The molecule has 0 spiro atoms. The van der Waals surface area contributed by atoms with Gasteiger partial charge in [-0.1, -0.05) is 30.3 Å². The molecule has 5 nitrogen and oxygen atoms in total. The second-order valence-electron chi connectivity index (χ2n) is 6.29. The van der Waals surface area contributed by atoms with Gasteiger partial charge >= 0.3 is 0 Å². The van der Waals surface area contributed by atoms with Crippen molar-refractivity contribution < 1.29 is 4.79 Å². The average molecular weight is 385 g/mol. The normalized spacial score (nSPS) is 13.9. The van der Waals surface area contributed by atoms with Crippen LogP contribution in [0.5, 0.6) is 0 Å². The van der Waals surface area contributed by atoms with Crippen molar-refractivity contribution in [3.05, 3.63) is 63.1 Å². The summed E-state index contributed by atoms with van der Waals surface area (Å²) in [7, 11) is 0. The molecule has 3 aromatic rings. The first-order valence-electron chi connectivity index (χ1n) is 8.74. The number of thiazole rings is 2. The third-order valence-electron chi connectivity index (χ3n) is 4.33. The molecule has 0 atom stereocenters. The van der Waals surface area contributed by atoms with Gasteiger partial charge in [0, 0.05) is 30.3 Å². The standard InChI is InChI=1S/C19H20N4OS2/c24-18(16-13-25-17(22-16)10-14-6-2-1-3-7-14)20-11-15-12-26-19(21-15)23-8-4-5-9-23/h1-3,6-7,12-13H,4-5,8-11H2,(H,20,24). The maximum atomic E-state index is 12.3. The first-order valence-corrected chi connectivity index (χ1v) is 10.5. The smallest absolute Gasteiger partial charge is 0.271 e. The highest BCUT2D eigenvalue weighted by Gasteiger charge is 2.16. The summed E-state index contributed by atoms with van der Waals surface area (Å²) in [6, 6.07) is 10.2. The largest absolute Gasteiger partial charge is 0.348 e. The van der Waals surface area contributed by atoms with Gasteiger partial charge in [-0.15, -0.1) is 22.7 Å². The van der Waals surface area contributed by atoms with Crippen LogP contribution in [0.1, 0.15) is 39.6 Å². The van der Waals surface area contributed by atoms with Gasteiger partial charge in [-0.2, -0.15) is 0 Å². The van der Waals surface area contributed by atoms with Crippen molar-refractivity contribution >= 4 is 33.7 Å². The van der Waals surface area contributed by atoms with Gasteiger partial charge in [-0.25, -0.2) is 9.97 Å². The lowest BCUT2D eigenvalue weighted by Crippen LogP contribution is -2.23. The molecule has 0 radical (unpaired) electrons. The minimum atomic E-state index is -0.142. The molecule has 2 aromatic heterocycles. The van der Waals surface area contributed by atoms with E-state index < -0.39 is 0 Å². The third-order valence-corrected chi connectivity index (χ3v) is 6.13. The predicted molar refractivity (Wildman–Crippen MR) is 106 cm³/mol. The maximum Gasteiger partial charge on any atom is 0.271 e. The number of anilines is 1. The molecule has 1 saturated heterocycles. The quantitative estimate of drug-likeness (QED) is 0.704. The fourth-order valence-corrected chi connectivity index (χ4v) is 4.65. The number of benzene rings is 1. The van der Waals surface area contributed by atoms with Gasteiger partial charge in [0.2, 0.25) is 0 Å². The molecule has 4 rings (SSSR count).